The minimum atomic E-state index is -0.528. The molecule has 7 nitrogen and oxygen atoms in total. The van der Waals surface area contributed by atoms with Crippen molar-refractivity contribution in [3.05, 3.63) is 71.6 Å². The molecule has 3 aromatic rings. The highest BCUT2D eigenvalue weighted by atomic mass is 79.9. The number of hydrogen-bond acceptors (Lipinski definition) is 5. The van der Waals surface area contributed by atoms with Crippen molar-refractivity contribution < 1.29 is 9.66 Å². The molecule has 0 spiro atoms. The Bertz CT molecular complexity index is 1000. The SMILES string of the molecule is O=c1[nH]c(COc2ccccc2[N+](=O)[O-])nc2c(Br)cc(Br)cc12. The molecule has 0 aliphatic heterocycles. The predicted octanol–water partition coefficient (Wildman–Crippen LogP) is 3.94. The van der Waals surface area contributed by atoms with Crippen LogP contribution in [0.15, 0.2) is 50.1 Å². The molecule has 0 aliphatic rings. The van der Waals surface area contributed by atoms with Crippen LogP contribution in [-0.2, 0) is 6.61 Å². The molecule has 122 valence electrons. The lowest BCUT2D eigenvalue weighted by Gasteiger charge is -2.08. The second-order valence-corrected chi connectivity index (χ2v) is 6.58. The van der Waals surface area contributed by atoms with E-state index in [1.165, 1.54) is 12.1 Å². The van der Waals surface area contributed by atoms with Gasteiger partial charge in [0.05, 0.1) is 15.8 Å². The first kappa shape index (κ1) is 16.6. The highest BCUT2D eigenvalue weighted by Gasteiger charge is 2.15. The summed E-state index contributed by atoms with van der Waals surface area (Å²) in [4.78, 5) is 29.6. The second kappa shape index (κ2) is 6.70. The van der Waals surface area contributed by atoms with Gasteiger partial charge in [-0.05, 0) is 34.1 Å². The zero-order chi connectivity index (χ0) is 17.3. The molecule has 0 fully saturated rings. The molecule has 2 aromatic carbocycles. The zero-order valence-corrected chi connectivity index (χ0v) is 15.1. The van der Waals surface area contributed by atoms with Gasteiger partial charge in [-0.1, -0.05) is 28.1 Å². The Morgan fingerprint density at radius 2 is 2.00 bits per heavy atom. The fourth-order valence-electron chi connectivity index (χ4n) is 2.16. The number of ether oxygens (including phenoxy) is 1. The van der Waals surface area contributed by atoms with Crippen LogP contribution in [0.2, 0.25) is 0 Å². The third kappa shape index (κ3) is 3.31. The Hall–Kier alpha value is -2.26. The third-order valence-electron chi connectivity index (χ3n) is 3.20. The summed E-state index contributed by atoms with van der Waals surface area (Å²) in [5.74, 6) is 0.383. The van der Waals surface area contributed by atoms with Crippen LogP contribution >= 0.6 is 31.9 Å². The van der Waals surface area contributed by atoms with Crippen molar-refractivity contribution in [2.24, 2.45) is 0 Å². The van der Waals surface area contributed by atoms with E-state index in [-0.39, 0.29) is 29.4 Å². The van der Waals surface area contributed by atoms with Crippen LogP contribution < -0.4 is 10.3 Å². The standard InChI is InChI=1S/C15H9Br2N3O4/c16-8-5-9-14(10(17)6-8)18-13(19-15(9)21)7-24-12-4-2-1-3-11(12)20(22)23/h1-6H,7H2,(H,18,19,21). The molecule has 3 rings (SSSR count). The summed E-state index contributed by atoms with van der Waals surface area (Å²) < 4.78 is 6.86. The van der Waals surface area contributed by atoms with Gasteiger partial charge in [-0.25, -0.2) is 4.98 Å². The van der Waals surface area contributed by atoms with Crippen molar-refractivity contribution >= 4 is 48.5 Å². The Balaban J connectivity index is 1.95. The Kier molecular flexibility index (Phi) is 4.63. The molecule has 0 saturated carbocycles. The molecule has 0 bridgehead atoms. The van der Waals surface area contributed by atoms with Crippen molar-refractivity contribution in [1.82, 2.24) is 9.97 Å². The van der Waals surface area contributed by atoms with Crippen LogP contribution in [0, 0.1) is 10.1 Å². The highest BCUT2D eigenvalue weighted by molar-refractivity contribution is 9.11. The average Bonchev–Trinajstić information content (AvgIpc) is 2.54. The van der Waals surface area contributed by atoms with E-state index in [1.807, 2.05) is 0 Å². The van der Waals surface area contributed by atoms with Crippen molar-refractivity contribution in [2.45, 2.75) is 6.61 Å². The normalized spacial score (nSPS) is 10.8. The van der Waals surface area contributed by atoms with E-state index >= 15 is 0 Å². The average molecular weight is 455 g/mol. The summed E-state index contributed by atoms with van der Waals surface area (Å²) in [5.41, 5.74) is 0.0250. The smallest absolute Gasteiger partial charge is 0.310 e. The van der Waals surface area contributed by atoms with Crippen LogP contribution in [0.5, 0.6) is 5.75 Å². The topological polar surface area (TPSA) is 98.1 Å². The number of para-hydroxylation sites is 2. The van der Waals surface area contributed by atoms with Crippen molar-refractivity contribution in [2.75, 3.05) is 0 Å². The van der Waals surface area contributed by atoms with Gasteiger partial charge in [0.15, 0.2) is 5.75 Å². The molecule has 0 unspecified atom stereocenters. The lowest BCUT2D eigenvalue weighted by atomic mass is 10.2. The Labute approximate surface area is 152 Å². The number of nitro benzene ring substituents is 1. The maximum absolute atomic E-state index is 12.2. The van der Waals surface area contributed by atoms with Gasteiger partial charge in [-0.2, -0.15) is 0 Å². The van der Waals surface area contributed by atoms with E-state index in [0.29, 0.717) is 15.4 Å². The van der Waals surface area contributed by atoms with E-state index in [4.69, 9.17) is 4.74 Å². The first-order valence-corrected chi connectivity index (χ1v) is 8.28. The minimum absolute atomic E-state index is 0.0987. The number of nitrogens with zero attached hydrogens (tertiary/aromatic N) is 2. The van der Waals surface area contributed by atoms with Crippen LogP contribution in [0.4, 0.5) is 5.69 Å². The molecule has 1 N–H and O–H groups in total. The number of aromatic nitrogens is 2. The first-order valence-electron chi connectivity index (χ1n) is 6.70. The van der Waals surface area contributed by atoms with Gasteiger partial charge in [-0.3, -0.25) is 14.9 Å². The summed E-state index contributed by atoms with van der Waals surface area (Å²) in [7, 11) is 0. The second-order valence-electron chi connectivity index (χ2n) is 4.81. The lowest BCUT2D eigenvalue weighted by molar-refractivity contribution is -0.385. The molecule has 9 heteroatoms. The van der Waals surface area contributed by atoms with Gasteiger partial charge < -0.3 is 9.72 Å². The number of fused-ring (bicyclic) bond motifs is 1. The Morgan fingerprint density at radius 3 is 2.75 bits per heavy atom. The summed E-state index contributed by atoms with van der Waals surface area (Å²) >= 11 is 6.69. The number of nitrogens with one attached hydrogen (secondary N) is 1. The first-order chi connectivity index (χ1) is 11.5. The molecule has 0 saturated heterocycles. The number of aromatic amines is 1. The molecular formula is C15H9Br2N3O4. The Morgan fingerprint density at radius 1 is 1.25 bits per heavy atom. The van der Waals surface area contributed by atoms with Gasteiger partial charge in [-0.15, -0.1) is 0 Å². The lowest BCUT2D eigenvalue weighted by Crippen LogP contribution is -2.14. The number of nitro groups is 1. The number of H-pyrrole nitrogens is 1. The molecule has 24 heavy (non-hydrogen) atoms. The van der Waals surface area contributed by atoms with E-state index in [0.717, 1.165) is 4.47 Å². The van der Waals surface area contributed by atoms with E-state index in [1.54, 1.807) is 24.3 Å². The fourth-order valence-corrected chi connectivity index (χ4v) is 3.47. The summed E-state index contributed by atoms with van der Waals surface area (Å²) in [6, 6.07) is 9.47. The summed E-state index contributed by atoms with van der Waals surface area (Å²) in [5, 5.41) is 11.4. The van der Waals surface area contributed by atoms with Gasteiger partial charge in [0.2, 0.25) is 0 Å². The van der Waals surface area contributed by atoms with Gasteiger partial charge in [0, 0.05) is 15.0 Å². The van der Waals surface area contributed by atoms with E-state index in [2.05, 4.69) is 41.8 Å². The minimum Gasteiger partial charge on any atom is -0.479 e. The zero-order valence-electron chi connectivity index (χ0n) is 12.0. The summed E-state index contributed by atoms with van der Waals surface area (Å²) in [6.07, 6.45) is 0. The van der Waals surface area contributed by atoms with Gasteiger partial charge in [0.25, 0.3) is 5.56 Å². The van der Waals surface area contributed by atoms with Crippen LogP contribution in [-0.4, -0.2) is 14.9 Å². The maximum atomic E-state index is 12.2. The highest BCUT2D eigenvalue weighted by Crippen LogP contribution is 2.27. The molecule has 1 heterocycles. The van der Waals surface area contributed by atoms with Crippen LogP contribution in [0.1, 0.15) is 5.82 Å². The largest absolute Gasteiger partial charge is 0.479 e. The molecule has 0 amide bonds. The van der Waals surface area contributed by atoms with Gasteiger partial charge >= 0.3 is 5.69 Å². The maximum Gasteiger partial charge on any atom is 0.310 e. The number of benzene rings is 2. The molecule has 0 radical (unpaired) electrons. The van der Waals surface area contributed by atoms with Crippen molar-refractivity contribution in [1.29, 1.82) is 0 Å². The predicted molar refractivity (Wildman–Crippen MR) is 95.2 cm³/mol. The molecule has 0 aliphatic carbocycles. The molecular weight excluding hydrogens is 446 g/mol. The number of hydrogen-bond donors (Lipinski definition) is 1. The van der Waals surface area contributed by atoms with Crippen LogP contribution in [0.3, 0.4) is 0 Å². The molecule has 0 atom stereocenters. The third-order valence-corrected chi connectivity index (χ3v) is 4.27. The quantitative estimate of drug-likeness (QED) is 0.475. The van der Waals surface area contributed by atoms with Crippen LogP contribution in [0.25, 0.3) is 10.9 Å². The van der Waals surface area contributed by atoms with Crippen molar-refractivity contribution in [3.8, 4) is 5.75 Å². The van der Waals surface area contributed by atoms with Crippen molar-refractivity contribution in [3.63, 3.8) is 0 Å². The van der Waals surface area contributed by atoms with E-state index in [9.17, 15) is 14.9 Å². The summed E-state index contributed by atoms with van der Waals surface area (Å²) in [6.45, 7) is -0.0987. The van der Waals surface area contributed by atoms with Gasteiger partial charge in [0.1, 0.15) is 12.4 Å². The number of rotatable bonds is 4. The fraction of sp³-hybridized carbons (Fsp3) is 0.0667. The van der Waals surface area contributed by atoms with E-state index < -0.39 is 4.92 Å². The number of halogens is 2. The monoisotopic (exact) mass is 453 g/mol. The molecule has 1 aromatic heterocycles.